The second-order valence-corrected chi connectivity index (χ2v) is 6.74. The molecule has 148 valence electrons. The molecule has 7 heteroatoms. The lowest BCUT2D eigenvalue weighted by molar-refractivity contribution is 0.102. The fourth-order valence-corrected chi connectivity index (χ4v) is 3.21. The van der Waals surface area contributed by atoms with E-state index in [1.807, 2.05) is 37.3 Å². The predicted molar refractivity (Wildman–Crippen MR) is 117 cm³/mol. The third-order valence-corrected chi connectivity index (χ3v) is 4.74. The second-order valence-electron chi connectivity index (χ2n) is 6.74. The van der Waals surface area contributed by atoms with Gasteiger partial charge in [0.25, 0.3) is 11.5 Å². The van der Waals surface area contributed by atoms with Gasteiger partial charge in [0.05, 0.1) is 28.8 Å². The number of pyridine rings is 3. The molecule has 0 unspecified atom stereocenters. The lowest BCUT2D eigenvalue weighted by Crippen LogP contribution is -2.18. The number of amides is 1. The molecule has 4 aromatic rings. The third kappa shape index (κ3) is 3.68. The fourth-order valence-electron chi connectivity index (χ4n) is 3.21. The van der Waals surface area contributed by atoms with Gasteiger partial charge >= 0.3 is 0 Å². The number of nitrogens with two attached hydrogens (primary N) is 1. The zero-order valence-electron chi connectivity index (χ0n) is 16.2. The molecule has 0 radical (unpaired) electrons. The smallest absolute Gasteiger partial charge is 0.276 e. The van der Waals surface area contributed by atoms with E-state index in [-0.39, 0.29) is 16.9 Å². The highest BCUT2D eigenvalue weighted by molar-refractivity contribution is 6.08. The molecule has 0 spiro atoms. The van der Waals surface area contributed by atoms with Crippen molar-refractivity contribution in [3.8, 4) is 22.4 Å². The summed E-state index contributed by atoms with van der Waals surface area (Å²) in [6, 6.07) is 16.2. The zero-order chi connectivity index (χ0) is 21.1. The Balaban J connectivity index is 1.71. The molecule has 1 aromatic carbocycles. The molecule has 0 fully saturated rings. The van der Waals surface area contributed by atoms with Crippen molar-refractivity contribution < 1.29 is 4.79 Å². The maximum atomic E-state index is 13.0. The summed E-state index contributed by atoms with van der Waals surface area (Å²) in [5.74, 6) is -0.482. The maximum Gasteiger partial charge on any atom is 0.276 e. The molecule has 0 bridgehead atoms. The number of aromatic nitrogens is 3. The molecule has 0 saturated carbocycles. The van der Waals surface area contributed by atoms with Crippen LogP contribution in [0.25, 0.3) is 22.4 Å². The van der Waals surface area contributed by atoms with Gasteiger partial charge in [-0.05, 0) is 48.4 Å². The highest BCUT2D eigenvalue weighted by Gasteiger charge is 2.17. The Labute approximate surface area is 172 Å². The topological polar surface area (TPSA) is 114 Å². The summed E-state index contributed by atoms with van der Waals surface area (Å²) >= 11 is 0. The van der Waals surface area contributed by atoms with Crippen molar-refractivity contribution in [2.75, 3.05) is 11.1 Å². The highest BCUT2D eigenvalue weighted by atomic mass is 16.2. The number of aromatic amines is 1. The van der Waals surface area contributed by atoms with Crippen LogP contribution >= 0.6 is 0 Å². The molecule has 0 aliphatic rings. The van der Waals surface area contributed by atoms with Crippen molar-refractivity contribution in [1.29, 1.82) is 0 Å². The normalized spacial score (nSPS) is 10.6. The van der Waals surface area contributed by atoms with Crippen molar-refractivity contribution in [1.82, 2.24) is 15.0 Å². The Morgan fingerprint density at radius 3 is 2.60 bits per heavy atom. The summed E-state index contributed by atoms with van der Waals surface area (Å²) in [6.45, 7) is 2.00. The third-order valence-electron chi connectivity index (χ3n) is 4.74. The number of nitrogens with one attached hydrogen (secondary N) is 2. The molecule has 0 aliphatic carbocycles. The summed E-state index contributed by atoms with van der Waals surface area (Å²) in [5, 5.41) is 2.86. The van der Waals surface area contributed by atoms with Crippen LogP contribution in [0.15, 0.2) is 78.0 Å². The maximum absolute atomic E-state index is 13.0. The van der Waals surface area contributed by atoms with Gasteiger partial charge in [0.2, 0.25) is 0 Å². The molecule has 0 atom stereocenters. The van der Waals surface area contributed by atoms with E-state index in [0.29, 0.717) is 16.9 Å². The minimum atomic E-state index is -0.482. The Hall–Kier alpha value is -4.26. The van der Waals surface area contributed by atoms with E-state index >= 15 is 0 Å². The first kappa shape index (κ1) is 19.1. The van der Waals surface area contributed by atoms with Gasteiger partial charge < -0.3 is 16.0 Å². The summed E-state index contributed by atoms with van der Waals surface area (Å²) in [4.78, 5) is 36.2. The van der Waals surface area contributed by atoms with Crippen molar-refractivity contribution in [2.24, 2.45) is 0 Å². The Bertz CT molecular complexity index is 1300. The molecule has 1 amide bonds. The number of nitrogen functional groups attached to an aromatic ring is 1. The summed E-state index contributed by atoms with van der Waals surface area (Å²) in [6.07, 6.45) is 4.79. The minimum Gasteiger partial charge on any atom is -0.397 e. The van der Waals surface area contributed by atoms with Crippen LogP contribution in [0, 0.1) is 6.92 Å². The van der Waals surface area contributed by atoms with Crippen LogP contribution in [-0.2, 0) is 0 Å². The molecule has 0 aliphatic heterocycles. The van der Waals surface area contributed by atoms with E-state index in [2.05, 4.69) is 20.3 Å². The fraction of sp³-hybridized carbons (Fsp3) is 0.0435. The Morgan fingerprint density at radius 1 is 1.00 bits per heavy atom. The largest absolute Gasteiger partial charge is 0.397 e. The molecular formula is C23H19N5O2. The summed E-state index contributed by atoms with van der Waals surface area (Å²) < 4.78 is 0. The number of carbonyl (C=O) groups excluding carboxylic acids is 1. The first-order valence-electron chi connectivity index (χ1n) is 9.30. The van der Waals surface area contributed by atoms with Gasteiger partial charge in [-0.15, -0.1) is 0 Å². The van der Waals surface area contributed by atoms with E-state index in [9.17, 15) is 9.59 Å². The number of H-pyrrole nitrogens is 1. The molecular weight excluding hydrogens is 378 g/mol. The van der Waals surface area contributed by atoms with Crippen LogP contribution < -0.4 is 16.6 Å². The lowest BCUT2D eigenvalue weighted by Gasteiger charge is -2.13. The molecule has 4 N–H and O–H groups in total. The first-order chi connectivity index (χ1) is 14.5. The molecule has 30 heavy (non-hydrogen) atoms. The number of nitrogens with zero attached hydrogens (tertiary/aromatic N) is 2. The van der Waals surface area contributed by atoms with Gasteiger partial charge in [-0.3, -0.25) is 14.6 Å². The standard InChI is InChI=1S/C23H19N5O2/c1-14-5-2-3-6-15(14)16-10-12-25-13-20(16)28-23(30)21-18(24)8-9-19(27-21)17-7-4-11-26-22(17)29/h2-13H,24H2,1H3,(H,26,29)(H,28,30). The number of hydrogen-bond acceptors (Lipinski definition) is 5. The lowest BCUT2D eigenvalue weighted by atomic mass is 10.0. The number of carbonyl (C=O) groups is 1. The molecule has 4 rings (SSSR count). The number of anilines is 2. The van der Waals surface area contributed by atoms with Crippen LogP contribution in [0.5, 0.6) is 0 Å². The van der Waals surface area contributed by atoms with Crippen molar-refractivity contribution in [3.05, 3.63) is 94.8 Å². The van der Waals surface area contributed by atoms with Crippen molar-refractivity contribution >= 4 is 17.3 Å². The number of rotatable bonds is 4. The van der Waals surface area contributed by atoms with E-state index in [1.165, 1.54) is 6.20 Å². The predicted octanol–water partition coefficient (Wildman–Crippen LogP) is 3.64. The zero-order valence-corrected chi connectivity index (χ0v) is 16.2. The average Bonchev–Trinajstić information content (AvgIpc) is 2.75. The number of aryl methyl sites for hydroxylation is 1. The average molecular weight is 397 g/mol. The Kier molecular flexibility index (Phi) is 5.09. The van der Waals surface area contributed by atoms with Crippen molar-refractivity contribution in [3.63, 3.8) is 0 Å². The van der Waals surface area contributed by atoms with Crippen LogP contribution in [0.3, 0.4) is 0 Å². The summed E-state index contributed by atoms with van der Waals surface area (Å²) in [5.41, 5.74) is 10.1. The van der Waals surface area contributed by atoms with Gasteiger partial charge in [-0.2, -0.15) is 0 Å². The first-order valence-corrected chi connectivity index (χ1v) is 9.30. The van der Waals surface area contributed by atoms with Crippen LogP contribution in [0.2, 0.25) is 0 Å². The van der Waals surface area contributed by atoms with E-state index in [1.54, 1.807) is 36.7 Å². The van der Waals surface area contributed by atoms with E-state index < -0.39 is 5.91 Å². The van der Waals surface area contributed by atoms with E-state index in [0.717, 1.165) is 16.7 Å². The van der Waals surface area contributed by atoms with Gasteiger partial charge in [0.15, 0.2) is 5.69 Å². The molecule has 3 heterocycles. The molecule has 7 nitrogen and oxygen atoms in total. The van der Waals surface area contributed by atoms with Crippen molar-refractivity contribution in [2.45, 2.75) is 6.92 Å². The molecule has 0 saturated heterocycles. The van der Waals surface area contributed by atoms with Gasteiger partial charge in [-0.25, -0.2) is 4.98 Å². The van der Waals surface area contributed by atoms with Gasteiger partial charge in [-0.1, -0.05) is 24.3 Å². The van der Waals surface area contributed by atoms with E-state index in [4.69, 9.17) is 5.73 Å². The number of hydrogen-bond donors (Lipinski definition) is 3. The SMILES string of the molecule is Cc1ccccc1-c1ccncc1NC(=O)c1nc(-c2ccc[nH]c2=O)ccc1N. The number of benzene rings is 1. The second kappa shape index (κ2) is 8.00. The summed E-state index contributed by atoms with van der Waals surface area (Å²) in [7, 11) is 0. The quantitative estimate of drug-likeness (QED) is 0.486. The van der Waals surface area contributed by atoms with Crippen LogP contribution in [0.4, 0.5) is 11.4 Å². The van der Waals surface area contributed by atoms with Crippen LogP contribution in [0.1, 0.15) is 16.1 Å². The van der Waals surface area contributed by atoms with Gasteiger partial charge in [0.1, 0.15) is 0 Å². The Morgan fingerprint density at radius 2 is 1.80 bits per heavy atom. The van der Waals surface area contributed by atoms with Crippen LogP contribution in [-0.4, -0.2) is 20.9 Å². The van der Waals surface area contributed by atoms with Gasteiger partial charge in [0, 0.05) is 18.0 Å². The minimum absolute atomic E-state index is 0.0374. The highest BCUT2D eigenvalue weighted by Crippen LogP contribution is 2.30. The molecule has 3 aromatic heterocycles. The monoisotopic (exact) mass is 397 g/mol.